The fourth-order valence-electron chi connectivity index (χ4n) is 1.83. The first kappa shape index (κ1) is 15.2. The van der Waals surface area contributed by atoms with Crippen LogP contribution in [0.4, 0.5) is 0 Å². The second-order valence-corrected chi connectivity index (χ2v) is 5.71. The second kappa shape index (κ2) is 6.95. The van der Waals surface area contributed by atoms with Gasteiger partial charge in [-0.3, -0.25) is 4.79 Å². The van der Waals surface area contributed by atoms with Crippen LogP contribution in [-0.2, 0) is 6.54 Å². The smallest absolute Gasteiger partial charge is 0.268 e. The summed E-state index contributed by atoms with van der Waals surface area (Å²) < 4.78 is 2.89. The molecule has 0 aliphatic carbocycles. The Morgan fingerprint density at radius 1 is 1.56 bits per heavy atom. The van der Waals surface area contributed by atoms with Crippen LogP contribution >= 0.6 is 15.9 Å². The Kier molecular flexibility index (Phi) is 5.88. The second-order valence-electron chi connectivity index (χ2n) is 4.80. The molecule has 0 saturated carbocycles. The average Bonchev–Trinajstić information content (AvgIpc) is 2.67. The van der Waals surface area contributed by atoms with Gasteiger partial charge in [0, 0.05) is 29.8 Å². The first-order chi connectivity index (χ1) is 8.49. The molecule has 0 aliphatic heterocycles. The predicted molar refractivity (Wildman–Crippen MR) is 77.6 cm³/mol. The zero-order valence-corrected chi connectivity index (χ0v) is 12.8. The molecule has 0 aromatic carbocycles. The van der Waals surface area contributed by atoms with Crippen molar-refractivity contribution >= 4 is 21.8 Å². The van der Waals surface area contributed by atoms with Gasteiger partial charge >= 0.3 is 0 Å². The number of aromatic nitrogens is 1. The molecule has 0 aliphatic rings. The van der Waals surface area contributed by atoms with E-state index in [0.29, 0.717) is 18.2 Å². The van der Waals surface area contributed by atoms with Crippen molar-refractivity contribution in [2.75, 3.05) is 6.54 Å². The molecule has 1 amide bonds. The molecule has 102 valence electrons. The van der Waals surface area contributed by atoms with E-state index < -0.39 is 0 Å². The monoisotopic (exact) mass is 315 g/mol. The Morgan fingerprint density at radius 2 is 2.22 bits per heavy atom. The van der Waals surface area contributed by atoms with Crippen LogP contribution in [0, 0.1) is 5.92 Å². The lowest BCUT2D eigenvalue weighted by atomic mass is 10.0. The van der Waals surface area contributed by atoms with Crippen LogP contribution in [0.15, 0.2) is 16.7 Å². The first-order valence-electron chi connectivity index (χ1n) is 6.36. The summed E-state index contributed by atoms with van der Waals surface area (Å²) in [5.41, 5.74) is 6.35. The van der Waals surface area contributed by atoms with Crippen molar-refractivity contribution in [3.05, 3.63) is 22.4 Å². The summed E-state index contributed by atoms with van der Waals surface area (Å²) in [4.78, 5) is 12.2. The van der Waals surface area contributed by atoms with Crippen molar-refractivity contribution in [1.29, 1.82) is 0 Å². The zero-order valence-electron chi connectivity index (χ0n) is 11.2. The number of nitrogens with two attached hydrogens (primary N) is 1. The van der Waals surface area contributed by atoms with Crippen molar-refractivity contribution in [2.45, 2.75) is 39.8 Å². The molecule has 1 heterocycles. The summed E-state index contributed by atoms with van der Waals surface area (Å²) >= 11 is 3.41. The number of nitrogens with one attached hydrogen (secondary N) is 1. The third-order valence-electron chi connectivity index (χ3n) is 2.94. The highest BCUT2D eigenvalue weighted by Gasteiger charge is 2.18. The summed E-state index contributed by atoms with van der Waals surface area (Å²) in [7, 11) is 0. The van der Waals surface area contributed by atoms with Crippen LogP contribution in [0.25, 0.3) is 0 Å². The highest BCUT2D eigenvalue weighted by Crippen LogP contribution is 2.16. The molecule has 0 fully saturated rings. The average molecular weight is 316 g/mol. The Balaban J connectivity index is 2.83. The molecule has 3 N–H and O–H groups in total. The van der Waals surface area contributed by atoms with Gasteiger partial charge in [-0.05, 0) is 34.3 Å². The van der Waals surface area contributed by atoms with E-state index in [1.165, 1.54) is 0 Å². The minimum Gasteiger partial charge on any atom is -0.347 e. The number of carbonyl (C=O) groups excluding carboxylic acids is 1. The summed E-state index contributed by atoms with van der Waals surface area (Å²) in [6, 6.07) is 1.86. The molecule has 0 radical (unpaired) electrons. The number of halogens is 1. The van der Waals surface area contributed by atoms with Gasteiger partial charge in [-0.1, -0.05) is 20.8 Å². The molecular weight excluding hydrogens is 294 g/mol. The van der Waals surface area contributed by atoms with Gasteiger partial charge in [0.1, 0.15) is 5.69 Å². The van der Waals surface area contributed by atoms with Crippen molar-refractivity contribution in [3.63, 3.8) is 0 Å². The Labute approximate surface area is 117 Å². The van der Waals surface area contributed by atoms with E-state index in [9.17, 15) is 4.79 Å². The lowest BCUT2D eigenvalue weighted by molar-refractivity contribution is 0.0918. The molecule has 1 aromatic heterocycles. The normalized spacial score (nSPS) is 12.8. The summed E-state index contributed by atoms with van der Waals surface area (Å²) in [5, 5.41) is 2.99. The molecule has 1 aromatic rings. The number of nitrogens with zero attached hydrogens (tertiary/aromatic N) is 1. The Morgan fingerprint density at radius 3 is 2.72 bits per heavy atom. The molecule has 1 unspecified atom stereocenters. The quantitative estimate of drug-likeness (QED) is 0.846. The van der Waals surface area contributed by atoms with Crippen LogP contribution in [0.3, 0.4) is 0 Å². The van der Waals surface area contributed by atoms with Crippen molar-refractivity contribution in [2.24, 2.45) is 11.7 Å². The van der Waals surface area contributed by atoms with Gasteiger partial charge in [-0.2, -0.15) is 0 Å². The maximum atomic E-state index is 12.2. The Bertz CT molecular complexity index is 401. The highest BCUT2D eigenvalue weighted by atomic mass is 79.9. The molecule has 1 rings (SSSR count). The van der Waals surface area contributed by atoms with Gasteiger partial charge in [0.25, 0.3) is 5.91 Å². The minimum absolute atomic E-state index is 0.0150. The predicted octanol–water partition coefficient (Wildman–Crippen LogP) is 2.37. The fourth-order valence-corrected chi connectivity index (χ4v) is 2.30. The molecule has 0 saturated heterocycles. The number of carbonyl (C=O) groups is 1. The van der Waals surface area contributed by atoms with E-state index >= 15 is 0 Å². The van der Waals surface area contributed by atoms with Crippen molar-refractivity contribution < 1.29 is 4.79 Å². The van der Waals surface area contributed by atoms with Crippen molar-refractivity contribution in [1.82, 2.24) is 9.88 Å². The number of rotatable bonds is 6. The third kappa shape index (κ3) is 3.85. The van der Waals surface area contributed by atoms with Crippen LogP contribution in [0.5, 0.6) is 0 Å². The maximum Gasteiger partial charge on any atom is 0.268 e. The largest absolute Gasteiger partial charge is 0.347 e. The molecular formula is C13H22BrN3O. The van der Waals surface area contributed by atoms with Crippen LogP contribution in [0.2, 0.25) is 0 Å². The van der Waals surface area contributed by atoms with Crippen LogP contribution < -0.4 is 11.1 Å². The number of aryl methyl sites for hydroxylation is 1. The minimum atomic E-state index is -0.0571. The van der Waals surface area contributed by atoms with E-state index in [-0.39, 0.29) is 11.9 Å². The topological polar surface area (TPSA) is 60.0 Å². The molecule has 5 heteroatoms. The molecule has 0 spiro atoms. The highest BCUT2D eigenvalue weighted by molar-refractivity contribution is 9.10. The van der Waals surface area contributed by atoms with Gasteiger partial charge in [-0.15, -0.1) is 0 Å². The van der Waals surface area contributed by atoms with E-state index in [1.807, 2.05) is 16.8 Å². The summed E-state index contributed by atoms with van der Waals surface area (Å²) in [6.07, 6.45) is 2.93. The summed E-state index contributed by atoms with van der Waals surface area (Å²) in [5.74, 6) is 0.273. The number of amides is 1. The lowest BCUT2D eigenvalue weighted by Gasteiger charge is -2.20. The number of hydrogen-bond donors (Lipinski definition) is 2. The van der Waals surface area contributed by atoms with Gasteiger partial charge in [0.2, 0.25) is 0 Å². The molecule has 18 heavy (non-hydrogen) atoms. The van der Waals surface area contributed by atoms with Crippen molar-refractivity contribution in [3.8, 4) is 0 Å². The molecule has 0 bridgehead atoms. The Hall–Kier alpha value is -0.810. The first-order valence-corrected chi connectivity index (χ1v) is 7.15. The number of hydrogen-bond acceptors (Lipinski definition) is 2. The maximum absolute atomic E-state index is 12.2. The fraction of sp³-hybridized carbons (Fsp3) is 0.615. The van der Waals surface area contributed by atoms with Crippen LogP contribution in [0.1, 0.15) is 37.7 Å². The van der Waals surface area contributed by atoms with Gasteiger partial charge < -0.3 is 15.6 Å². The summed E-state index contributed by atoms with van der Waals surface area (Å²) in [6.45, 7) is 7.49. The zero-order chi connectivity index (χ0) is 13.7. The molecule has 1 atom stereocenters. The van der Waals surface area contributed by atoms with E-state index in [4.69, 9.17) is 5.73 Å². The van der Waals surface area contributed by atoms with Gasteiger partial charge in [0.05, 0.1) is 0 Å². The van der Waals surface area contributed by atoms with Crippen LogP contribution in [-0.4, -0.2) is 23.1 Å². The van der Waals surface area contributed by atoms with E-state index in [1.54, 1.807) is 0 Å². The van der Waals surface area contributed by atoms with E-state index in [2.05, 4.69) is 42.0 Å². The SMILES string of the molecule is CCCn1cc(Br)cc1C(=O)NC(CN)C(C)C. The lowest BCUT2D eigenvalue weighted by Crippen LogP contribution is -2.44. The van der Waals surface area contributed by atoms with Gasteiger partial charge in [-0.25, -0.2) is 0 Å². The third-order valence-corrected chi connectivity index (χ3v) is 3.37. The van der Waals surface area contributed by atoms with Gasteiger partial charge in [0.15, 0.2) is 0 Å². The molecule has 4 nitrogen and oxygen atoms in total. The van der Waals surface area contributed by atoms with E-state index in [0.717, 1.165) is 17.4 Å². The standard InChI is InChI=1S/C13H22BrN3O/c1-4-5-17-8-10(14)6-12(17)13(18)16-11(7-15)9(2)3/h6,8-9,11H,4-5,7,15H2,1-3H3,(H,16,18).